The molecule has 2 bridgehead atoms. The number of esters is 1. The maximum atomic E-state index is 12.9. The Morgan fingerprint density at radius 3 is 2.59 bits per heavy atom. The van der Waals surface area contributed by atoms with Gasteiger partial charge in [0.25, 0.3) is 0 Å². The minimum atomic E-state index is -0.0369. The summed E-state index contributed by atoms with van der Waals surface area (Å²) in [4.78, 5) is 22.6. The molecule has 0 aliphatic heterocycles. The number of rotatable bonds is 5. The third-order valence-corrected chi connectivity index (χ3v) is 7.33. The zero-order chi connectivity index (χ0) is 18.5. The van der Waals surface area contributed by atoms with E-state index in [1.807, 2.05) is 13.2 Å². The van der Waals surface area contributed by atoms with E-state index in [0.29, 0.717) is 24.4 Å². The lowest BCUT2D eigenvalue weighted by molar-refractivity contribution is -0.157. The van der Waals surface area contributed by atoms with E-state index in [0.717, 1.165) is 23.6 Å². The average molecular weight is 386 g/mol. The van der Waals surface area contributed by atoms with Crippen LogP contribution in [0.1, 0.15) is 63.1 Å². The van der Waals surface area contributed by atoms with Crippen LogP contribution < -0.4 is 0 Å². The number of thioether (sulfide) groups is 1. The molecule has 0 amide bonds. The van der Waals surface area contributed by atoms with Gasteiger partial charge in [-0.25, -0.2) is 9.97 Å². The standard InChI is InChI=1S/C21H27N3O2S/c1-3-26-20(25)16-12-4-8-14(9-5-12)18(16)24-11-10-15-17(13-6-7-13)22-21(27-2)23-19(15)24/h10-14,16,18H,3-9H2,1-2H3/t12?,14?,16-,18-/m0/s1. The Labute approximate surface area is 164 Å². The lowest BCUT2D eigenvalue weighted by Gasteiger charge is -2.47. The van der Waals surface area contributed by atoms with Gasteiger partial charge in [-0.1, -0.05) is 11.8 Å². The monoisotopic (exact) mass is 385 g/mol. The van der Waals surface area contributed by atoms with E-state index in [1.165, 1.54) is 36.8 Å². The lowest BCUT2D eigenvalue weighted by atomic mass is 9.61. The molecule has 4 aliphatic carbocycles. The minimum Gasteiger partial charge on any atom is -0.466 e. The first-order valence-electron chi connectivity index (χ1n) is 10.3. The average Bonchev–Trinajstić information content (AvgIpc) is 3.46. The third kappa shape index (κ3) is 2.87. The first-order valence-corrected chi connectivity index (χ1v) is 11.5. The van der Waals surface area contributed by atoms with Crippen LogP contribution >= 0.6 is 11.8 Å². The number of ether oxygens (including phenoxy) is 1. The second-order valence-electron chi connectivity index (χ2n) is 8.27. The molecule has 0 radical (unpaired) electrons. The van der Waals surface area contributed by atoms with Crippen molar-refractivity contribution < 1.29 is 9.53 Å². The van der Waals surface area contributed by atoms with E-state index < -0.39 is 0 Å². The van der Waals surface area contributed by atoms with Gasteiger partial charge in [0.15, 0.2) is 5.16 Å². The molecule has 0 aromatic carbocycles. The summed E-state index contributed by atoms with van der Waals surface area (Å²) >= 11 is 1.61. The second-order valence-corrected chi connectivity index (χ2v) is 9.05. The van der Waals surface area contributed by atoms with Gasteiger partial charge in [-0.15, -0.1) is 0 Å². The van der Waals surface area contributed by atoms with Gasteiger partial charge in [-0.2, -0.15) is 0 Å². The Kier molecular flexibility index (Phi) is 4.42. The zero-order valence-electron chi connectivity index (χ0n) is 16.1. The van der Waals surface area contributed by atoms with Gasteiger partial charge in [-0.3, -0.25) is 4.79 Å². The Balaban J connectivity index is 1.62. The number of hydrogen-bond acceptors (Lipinski definition) is 5. The number of aromatic nitrogens is 3. The van der Waals surface area contributed by atoms with Gasteiger partial charge in [0.1, 0.15) is 5.65 Å². The van der Waals surface area contributed by atoms with Crippen molar-refractivity contribution in [2.75, 3.05) is 12.9 Å². The van der Waals surface area contributed by atoms with Crippen LogP contribution in [0.15, 0.2) is 17.4 Å². The number of nitrogens with zero attached hydrogens (tertiary/aromatic N) is 3. The molecule has 0 unspecified atom stereocenters. The predicted octanol–water partition coefficient (Wildman–Crippen LogP) is 4.57. The minimum absolute atomic E-state index is 0.0136. The van der Waals surface area contributed by atoms with Gasteiger partial charge in [-0.05, 0) is 69.6 Å². The zero-order valence-corrected chi connectivity index (χ0v) is 16.9. The Hall–Kier alpha value is -1.56. The van der Waals surface area contributed by atoms with Crippen LogP contribution in [0.5, 0.6) is 0 Å². The number of carbonyl (C=O) groups excluding carboxylic acids is 1. The van der Waals surface area contributed by atoms with E-state index in [1.54, 1.807) is 11.8 Å². The number of carbonyl (C=O) groups is 1. The van der Waals surface area contributed by atoms with Gasteiger partial charge < -0.3 is 9.30 Å². The molecule has 2 heterocycles. The fourth-order valence-corrected chi connectivity index (χ4v) is 5.79. The van der Waals surface area contributed by atoms with Gasteiger partial charge in [0.05, 0.1) is 24.3 Å². The topological polar surface area (TPSA) is 57.0 Å². The molecule has 144 valence electrons. The van der Waals surface area contributed by atoms with Crippen molar-refractivity contribution in [2.24, 2.45) is 17.8 Å². The van der Waals surface area contributed by atoms with Crippen LogP contribution in [0, 0.1) is 17.8 Å². The lowest BCUT2D eigenvalue weighted by Crippen LogP contribution is -2.45. The van der Waals surface area contributed by atoms with Crippen LogP contribution in [0.4, 0.5) is 0 Å². The van der Waals surface area contributed by atoms with Gasteiger partial charge in [0, 0.05) is 17.5 Å². The Morgan fingerprint density at radius 2 is 1.93 bits per heavy atom. The van der Waals surface area contributed by atoms with Crippen molar-refractivity contribution in [1.29, 1.82) is 0 Å². The molecule has 2 aromatic rings. The third-order valence-electron chi connectivity index (χ3n) is 6.78. The van der Waals surface area contributed by atoms with E-state index >= 15 is 0 Å². The molecule has 5 nitrogen and oxygen atoms in total. The maximum Gasteiger partial charge on any atom is 0.311 e. The smallest absolute Gasteiger partial charge is 0.311 e. The van der Waals surface area contributed by atoms with E-state index in [2.05, 4.69) is 16.8 Å². The van der Waals surface area contributed by atoms with E-state index in [4.69, 9.17) is 14.7 Å². The molecule has 27 heavy (non-hydrogen) atoms. The summed E-state index contributed by atoms with van der Waals surface area (Å²) in [5.41, 5.74) is 2.22. The molecule has 0 saturated heterocycles. The second kappa shape index (κ2) is 6.80. The highest BCUT2D eigenvalue weighted by Gasteiger charge is 2.49. The van der Waals surface area contributed by atoms with Gasteiger partial charge in [0.2, 0.25) is 0 Å². The van der Waals surface area contributed by atoms with Crippen molar-refractivity contribution >= 4 is 28.8 Å². The predicted molar refractivity (Wildman–Crippen MR) is 106 cm³/mol. The summed E-state index contributed by atoms with van der Waals surface area (Å²) in [5.74, 6) is 1.52. The summed E-state index contributed by atoms with van der Waals surface area (Å²) < 4.78 is 7.81. The molecule has 4 aliphatic rings. The van der Waals surface area contributed by atoms with E-state index in [9.17, 15) is 4.79 Å². The van der Waals surface area contributed by atoms with Crippen LogP contribution in [0.2, 0.25) is 0 Å². The fraction of sp³-hybridized carbons (Fsp3) is 0.667. The molecule has 6 rings (SSSR count). The van der Waals surface area contributed by atoms with Crippen LogP contribution in [0.3, 0.4) is 0 Å². The summed E-state index contributed by atoms with van der Waals surface area (Å²) in [6.45, 7) is 2.36. The molecule has 4 fully saturated rings. The summed E-state index contributed by atoms with van der Waals surface area (Å²) in [6.07, 6.45) is 11.4. The van der Waals surface area contributed by atoms with Crippen LogP contribution in [0.25, 0.3) is 11.0 Å². The van der Waals surface area contributed by atoms with Crippen molar-refractivity contribution in [3.05, 3.63) is 18.0 Å². The van der Waals surface area contributed by atoms with E-state index in [-0.39, 0.29) is 17.9 Å². The summed E-state index contributed by atoms with van der Waals surface area (Å²) in [6, 6.07) is 2.35. The molecular formula is C21H27N3O2S. The molecule has 2 atom stereocenters. The number of fused-ring (bicyclic) bond motifs is 4. The Bertz CT molecular complexity index is 868. The highest BCUT2D eigenvalue weighted by molar-refractivity contribution is 7.98. The molecule has 6 heteroatoms. The normalized spacial score (nSPS) is 30.0. The van der Waals surface area contributed by atoms with Crippen molar-refractivity contribution in [2.45, 2.75) is 62.6 Å². The highest BCUT2D eigenvalue weighted by atomic mass is 32.2. The quantitative estimate of drug-likeness (QED) is 0.429. The van der Waals surface area contributed by atoms with Gasteiger partial charge >= 0.3 is 5.97 Å². The first-order chi connectivity index (χ1) is 13.2. The largest absolute Gasteiger partial charge is 0.466 e. The molecule has 4 saturated carbocycles. The molecular weight excluding hydrogens is 358 g/mol. The van der Waals surface area contributed by atoms with Crippen LogP contribution in [-0.2, 0) is 9.53 Å². The summed E-state index contributed by atoms with van der Waals surface area (Å²) in [7, 11) is 0. The summed E-state index contributed by atoms with van der Waals surface area (Å²) in [5, 5.41) is 2.03. The van der Waals surface area contributed by atoms with Crippen molar-refractivity contribution in [1.82, 2.24) is 14.5 Å². The molecule has 2 aromatic heterocycles. The Morgan fingerprint density at radius 1 is 1.19 bits per heavy atom. The first kappa shape index (κ1) is 17.5. The maximum absolute atomic E-state index is 12.9. The van der Waals surface area contributed by atoms with Crippen molar-refractivity contribution in [3.8, 4) is 0 Å². The number of hydrogen-bond donors (Lipinski definition) is 0. The highest BCUT2D eigenvalue weighted by Crippen LogP contribution is 2.53. The van der Waals surface area contributed by atoms with Crippen LogP contribution in [-0.4, -0.2) is 33.4 Å². The fourth-order valence-electron chi connectivity index (χ4n) is 5.42. The SMILES string of the molecule is CCOC(=O)[C@H]1C2CCC(CC2)[C@@H]1n1ccc2c(C3CC3)nc(SC)nc21. The van der Waals surface area contributed by atoms with Crippen molar-refractivity contribution in [3.63, 3.8) is 0 Å². The molecule has 0 N–H and O–H groups in total. The molecule has 0 spiro atoms.